The molecular formula is C22H22N6O3. The van der Waals surface area contributed by atoms with Crippen molar-refractivity contribution in [3.63, 3.8) is 0 Å². The van der Waals surface area contributed by atoms with Crippen LogP contribution in [0.5, 0.6) is 5.75 Å². The van der Waals surface area contributed by atoms with Crippen molar-refractivity contribution < 1.29 is 14.3 Å². The van der Waals surface area contributed by atoms with E-state index in [1.54, 1.807) is 42.5 Å². The Morgan fingerprint density at radius 2 is 1.90 bits per heavy atom. The van der Waals surface area contributed by atoms with Crippen LogP contribution in [-0.2, 0) is 11.3 Å². The minimum Gasteiger partial charge on any atom is -0.497 e. The summed E-state index contributed by atoms with van der Waals surface area (Å²) in [5.41, 5.74) is 7.63. The lowest BCUT2D eigenvalue weighted by Crippen LogP contribution is -2.49. The molecule has 1 aromatic heterocycles. The van der Waals surface area contributed by atoms with Gasteiger partial charge >= 0.3 is 6.03 Å². The molecule has 0 atom stereocenters. The van der Waals surface area contributed by atoms with Crippen molar-refractivity contribution in [2.24, 2.45) is 5.73 Å². The molecule has 158 valence electrons. The molecule has 0 saturated carbocycles. The summed E-state index contributed by atoms with van der Waals surface area (Å²) in [6, 6.07) is 16.4. The first-order chi connectivity index (χ1) is 15.0. The van der Waals surface area contributed by atoms with Crippen LogP contribution >= 0.6 is 0 Å². The SMILES string of the molecule is COc1ccc(N2Cc3cnc(Nc4ccccc4)nc3N(CCC(N)=O)C2=O)cc1. The predicted octanol–water partition coefficient (Wildman–Crippen LogP) is 3.05. The van der Waals surface area contributed by atoms with Crippen molar-refractivity contribution in [3.05, 3.63) is 66.4 Å². The fourth-order valence-corrected chi connectivity index (χ4v) is 3.32. The molecule has 2 heterocycles. The molecule has 9 heteroatoms. The van der Waals surface area contributed by atoms with E-state index >= 15 is 0 Å². The summed E-state index contributed by atoms with van der Waals surface area (Å²) in [6.45, 7) is 0.425. The zero-order chi connectivity index (χ0) is 21.8. The van der Waals surface area contributed by atoms with Crippen molar-refractivity contribution >= 4 is 35.1 Å². The number of benzene rings is 2. The Kier molecular flexibility index (Phi) is 5.65. The predicted molar refractivity (Wildman–Crippen MR) is 117 cm³/mol. The van der Waals surface area contributed by atoms with Crippen molar-refractivity contribution in [1.82, 2.24) is 9.97 Å². The Bertz CT molecular complexity index is 1090. The van der Waals surface area contributed by atoms with Gasteiger partial charge in [-0.2, -0.15) is 4.98 Å². The van der Waals surface area contributed by atoms with Gasteiger partial charge in [0.15, 0.2) is 0 Å². The molecular weight excluding hydrogens is 396 g/mol. The standard InChI is InChI=1S/C22H22N6O3/c1-31-18-9-7-17(8-10-18)28-14-15-13-24-21(25-16-5-3-2-4-6-16)26-20(15)27(22(28)30)12-11-19(23)29/h2-10,13H,11-12,14H2,1H3,(H2,23,29)(H,24,25,26). The lowest BCUT2D eigenvalue weighted by Gasteiger charge is -2.36. The van der Waals surface area contributed by atoms with E-state index in [-0.39, 0.29) is 19.0 Å². The largest absolute Gasteiger partial charge is 0.497 e. The van der Waals surface area contributed by atoms with E-state index in [0.29, 0.717) is 29.7 Å². The zero-order valence-electron chi connectivity index (χ0n) is 17.0. The van der Waals surface area contributed by atoms with Gasteiger partial charge in [-0.3, -0.25) is 14.6 Å². The summed E-state index contributed by atoms with van der Waals surface area (Å²) in [5.74, 6) is 1.02. The van der Waals surface area contributed by atoms with Crippen molar-refractivity contribution in [1.29, 1.82) is 0 Å². The molecule has 0 aliphatic carbocycles. The van der Waals surface area contributed by atoms with E-state index < -0.39 is 5.91 Å². The highest BCUT2D eigenvalue weighted by Gasteiger charge is 2.33. The second kappa shape index (κ2) is 8.70. The highest BCUT2D eigenvalue weighted by Crippen LogP contribution is 2.32. The van der Waals surface area contributed by atoms with Gasteiger partial charge in [-0.25, -0.2) is 9.78 Å². The Balaban J connectivity index is 1.67. The molecule has 2 aromatic carbocycles. The third-order valence-electron chi connectivity index (χ3n) is 4.88. The highest BCUT2D eigenvalue weighted by molar-refractivity contribution is 6.05. The average molecular weight is 418 g/mol. The van der Waals surface area contributed by atoms with Gasteiger partial charge in [-0.05, 0) is 36.4 Å². The van der Waals surface area contributed by atoms with Crippen LogP contribution in [0.4, 0.5) is 27.9 Å². The lowest BCUT2D eigenvalue weighted by molar-refractivity contribution is -0.117. The van der Waals surface area contributed by atoms with Crippen molar-refractivity contribution in [3.8, 4) is 5.75 Å². The second-order valence-electron chi connectivity index (χ2n) is 6.97. The molecule has 0 bridgehead atoms. The second-order valence-corrected chi connectivity index (χ2v) is 6.97. The van der Waals surface area contributed by atoms with E-state index in [1.165, 1.54) is 4.90 Å². The Hall–Kier alpha value is -4.14. The van der Waals surface area contributed by atoms with Crippen LogP contribution in [0.3, 0.4) is 0 Å². The number of amides is 3. The Morgan fingerprint density at radius 1 is 1.16 bits per heavy atom. The highest BCUT2D eigenvalue weighted by atomic mass is 16.5. The number of primary amides is 1. The van der Waals surface area contributed by atoms with E-state index in [9.17, 15) is 9.59 Å². The van der Waals surface area contributed by atoms with Crippen LogP contribution < -0.4 is 25.6 Å². The quantitative estimate of drug-likeness (QED) is 0.610. The number of nitrogens with zero attached hydrogens (tertiary/aromatic N) is 4. The van der Waals surface area contributed by atoms with Crippen LogP contribution in [-0.4, -0.2) is 35.6 Å². The maximum absolute atomic E-state index is 13.3. The topological polar surface area (TPSA) is 114 Å². The fourth-order valence-electron chi connectivity index (χ4n) is 3.32. The molecule has 0 saturated heterocycles. The number of aromatic nitrogens is 2. The summed E-state index contributed by atoms with van der Waals surface area (Å²) >= 11 is 0. The first kappa shape index (κ1) is 20.1. The summed E-state index contributed by atoms with van der Waals surface area (Å²) in [6.07, 6.45) is 1.71. The number of hydrogen-bond donors (Lipinski definition) is 2. The number of rotatable bonds is 7. The van der Waals surface area contributed by atoms with Gasteiger partial charge in [0.1, 0.15) is 11.6 Å². The van der Waals surface area contributed by atoms with Crippen molar-refractivity contribution in [2.75, 3.05) is 28.8 Å². The molecule has 3 aromatic rings. The molecule has 9 nitrogen and oxygen atoms in total. The maximum Gasteiger partial charge on any atom is 0.330 e. The summed E-state index contributed by atoms with van der Waals surface area (Å²) in [4.78, 5) is 36.7. The number of urea groups is 1. The minimum absolute atomic E-state index is 0.0209. The van der Waals surface area contributed by atoms with Crippen molar-refractivity contribution in [2.45, 2.75) is 13.0 Å². The zero-order valence-corrected chi connectivity index (χ0v) is 17.0. The minimum atomic E-state index is -0.493. The molecule has 3 amide bonds. The molecule has 0 radical (unpaired) electrons. The van der Waals surface area contributed by atoms with Gasteiger partial charge < -0.3 is 15.8 Å². The number of nitrogens with two attached hydrogens (primary N) is 1. The van der Waals surface area contributed by atoms with Gasteiger partial charge in [0.25, 0.3) is 0 Å². The van der Waals surface area contributed by atoms with Crippen LogP contribution in [0.2, 0.25) is 0 Å². The smallest absolute Gasteiger partial charge is 0.330 e. The average Bonchev–Trinajstić information content (AvgIpc) is 2.79. The molecule has 31 heavy (non-hydrogen) atoms. The third kappa shape index (κ3) is 4.40. The summed E-state index contributed by atoms with van der Waals surface area (Å²) in [5, 5.41) is 3.13. The van der Waals surface area contributed by atoms with E-state index in [2.05, 4.69) is 15.3 Å². The van der Waals surface area contributed by atoms with Crippen LogP contribution in [0.1, 0.15) is 12.0 Å². The fraction of sp³-hybridized carbons (Fsp3) is 0.182. The Labute approximate surface area is 179 Å². The summed E-state index contributed by atoms with van der Waals surface area (Å²) < 4.78 is 5.20. The molecule has 1 aliphatic rings. The Morgan fingerprint density at radius 3 is 2.58 bits per heavy atom. The monoisotopic (exact) mass is 418 g/mol. The van der Waals surface area contributed by atoms with E-state index in [0.717, 1.165) is 11.3 Å². The first-order valence-electron chi connectivity index (χ1n) is 9.74. The lowest BCUT2D eigenvalue weighted by atomic mass is 10.1. The third-order valence-corrected chi connectivity index (χ3v) is 4.88. The number of ether oxygens (including phenoxy) is 1. The van der Waals surface area contributed by atoms with Gasteiger partial charge in [0.05, 0.1) is 13.7 Å². The molecule has 0 spiro atoms. The number of carbonyl (C=O) groups excluding carboxylic acids is 2. The molecule has 4 rings (SSSR count). The number of fused-ring (bicyclic) bond motifs is 1. The summed E-state index contributed by atoms with van der Waals surface area (Å²) in [7, 11) is 1.58. The number of para-hydroxylation sites is 1. The van der Waals surface area contributed by atoms with Crippen LogP contribution in [0, 0.1) is 0 Å². The van der Waals surface area contributed by atoms with Gasteiger partial charge in [0, 0.05) is 36.1 Å². The van der Waals surface area contributed by atoms with E-state index in [1.807, 2.05) is 30.3 Å². The van der Waals surface area contributed by atoms with Crippen LogP contribution in [0.25, 0.3) is 0 Å². The maximum atomic E-state index is 13.3. The first-order valence-corrected chi connectivity index (χ1v) is 9.74. The van der Waals surface area contributed by atoms with Crippen LogP contribution in [0.15, 0.2) is 60.8 Å². The van der Waals surface area contributed by atoms with Gasteiger partial charge in [0.2, 0.25) is 11.9 Å². The van der Waals surface area contributed by atoms with Gasteiger partial charge in [-0.15, -0.1) is 0 Å². The molecule has 1 aliphatic heterocycles. The number of anilines is 4. The molecule has 3 N–H and O–H groups in total. The molecule has 0 fully saturated rings. The number of methoxy groups -OCH3 is 1. The normalized spacial score (nSPS) is 13.0. The van der Waals surface area contributed by atoms with E-state index in [4.69, 9.17) is 10.5 Å². The van der Waals surface area contributed by atoms with Gasteiger partial charge in [-0.1, -0.05) is 18.2 Å². The molecule has 0 unspecified atom stereocenters. The number of hydrogen-bond acceptors (Lipinski definition) is 6. The number of nitrogens with one attached hydrogen (secondary N) is 1. The number of carbonyl (C=O) groups is 2.